The molecule has 1 N–H and O–H groups in total. The summed E-state index contributed by atoms with van der Waals surface area (Å²) in [7, 11) is 0. The van der Waals surface area contributed by atoms with E-state index in [0.29, 0.717) is 17.6 Å². The first-order valence-electron chi connectivity index (χ1n) is 5.93. The first-order chi connectivity index (χ1) is 7.11. The van der Waals surface area contributed by atoms with E-state index in [9.17, 15) is 5.11 Å². The Kier molecular flexibility index (Phi) is 4.19. The molecule has 0 aliphatic carbocycles. The Hall–Kier alpha value is -0.980. The van der Waals surface area contributed by atoms with Crippen LogP contribution in [0.3, 0.4) is 0 Å². The van der Waals surface area contributed by atoms with Crippen LogP contribution in [-0.2, 0) is 0 Å². The fraction of sp³-hybridized carbons (Fsp3) is 0.571. The van der Waals surface area contributed by atoms with Gasteiger partial charge in [-0.2, -0.15) is 0 Å². The highest BCUT2D eigenvalue weighted by Crippen LogP contribution is 2.35. The molecule has 1 aromatic carbocycles. The Bertz CT molecular complexity index is 317. The molecule has 1 heteroatoms. The SMILES string of the molecule is CCC(C)c1cccc(O)c1C(C)CC. The van der Waals surface area contributed by atoms with Gasteiger partial charge in [0.1, 0.15) is 5.75 Å². The maximum Gasteiger partial charge on any atom is 0.119 e. The number of rotatable bonds is 4. The van der Waals surface area contributed by atoms with E-state index in [1.807, 2.05) is 6.07 Å². The zero-order valence-corrected chi connectivity index (χ0v) is 10.2. The summed E-state index contributed by atoms with van der Waals surface area (Å²) < 4.78 is 0. The van der Waals surface area contributed by atoms with Crippen molar-refractivity contribution in [2.45, 2.75) is 52.4 Å². The van der Waals surface area contributed by atoms with Gasteiger partial charge in [-0.15, -0.1) is 0 Å². The van der Waals surface area contributed by atoms with E-state index in [2.05, 4.69) is 33.8 Å². The molecule has 0 bridgehead atoms. The van der Waals surface area contributed by atoms with Crippen molar-refractivity contribution < 1.29 is 5.11 Å². The molecule has 15 heavy (non-hydrogen) atoms. The van der Waals surface area contributed by atoms with Gasteiger partial charge in [0.05, 0.1) is 0 Å². The van der Waals surface area contributed by atoms with Gasteiger partial charge >= 0.3 is 0 Å². The van der Waals surface area contributed by atoms with E-state index in [-0.39, 0.29) is 0 Å². The van der Waals surface area contributed by atoms with E-state index in [1.165, 1.54) is 5.56 Å². The lowest BCUT2D eigenvalue weighted by Crippen LogP contribution is -2.02. The molecule has 0 heterocycles. The topological polar surface area (TPSA) is 20.2 Å². The first-order valence-corrected chi connectivity index (χ1v) is 5.93. The minimum Gasteiger partial charge on any atom is -0.508 e. The summed E-state index contributed by atoms with van der Waals surface area (Å²) in [4.78, 5) is 0. The van der Waals surface area contributed by atoms with Crippen LogP contribution in [0.15, 0.2) is 18.2 Å². The lowest BCUT2D eigenvalue weighted by molar-refractivity contribution is 0.458. The third-order valence-electron chi connectivity index (χ3n) is 3.37. The molecule has 0 amide bonds. The summed E-state index contributed by atoms with van der Waals surface area (Å²) >= 11 is 0. The molecule has 2 atom stereocenters. The van der Waals surface area contributed by atoms with Gasteiger partial charge in [0.2, 0.25) is 0 Å². The molecule has 0 aromatic heterocycles. The normalized spacial score (nSPS) is 14.9. The minimum atomic E-state index is 0.440. The van der Waals surface area contributed by atoms with Crippen LogP contribution in [0.2, 0.25) is 0 Å². The molecule has 1 nitrogen and oxygen atoms in total. The van der Waals surface area contributed by atoms with E-state index in [0.717, 1.165) is 18.4 Å². The highest BCUT2D eigenvalue weighted by Gasteiger charge is 2.16. The maximum atomic E-state index is 9.94. The van der Waals surface area contributed by atoms with E-state index < -0.39 is 0 Å². The number of aromatic hydroxyl groups is 1. The fourth-order valence-corrected chi connectivity index (χ4v) is 1.96. The zero-order valence-electron chi connectivity index (χ0n) is 10.2. The van der Waals surface area contributed by atoms with E-state index in [4.69, 9.17) is 0 Å². The van der Waals surface area contributed by atoms with Crippen molar-refractivity contribution in [2.24, 2.45) is 0 Å². The summed E-state index contributed by atoms with van der Waals surface area (Å²) in [5, 5.41) is 9.94. The summed E-state index contributed by atoms with van der Waals surface area (Å²) in [5.41, 5.74) is 2.46. The molecule has 84 valence electrons. The summed E-state index contributed by atoms with van der Waals surface area (Å²) in [5.74, 6) is 1.43. The van der Waals surface area contributed by atoms with Crippen LogP contribution in [0.4, 0.5) is 0 Å². The molecule has 1 aromatic rings. The Balaban J connectivity index is 3.19. The van der Waals surface area contributed by atoms with E-state index in [1.54, 1.807) is 6.07 Å². The Morgan fingerprint density at radius 1 is 1.07 bits per heavy atom. The van der Waals surface area contributed by atoms with Crippen molar-refractivity contribution in [3.63, 3.8) is 0 Å². The second-order valence-corrected chi connectivity index (χ2v) is 4.40. The van der Waals surface area contributed by atoms with Crippen molar-refractivity contribution in [1.29, 1.82) is 0 Å². The Morgan fingerprint density at radius 3 is 2.20 bits per heavy atom. The highest BCUT2D eigenvalue weighted by molar-refractivity contribution is 5.43. The maximum absolute atomic E-state index is 9.94. The van der Waals surface area contributed by atoms with Crippen LogP contribution in [0.1, 0.15) is 63.5 Å². The third kappa shape index (κ3) is 2.53. The molecule has 2 unspecified atom stereocenters. The predicted octanol–water partition coefficient (Wildman–Crippen LogP) is 4.42. The van der Waals surface area contributed by atoms with Crippen LogP contribution >= 0.6 is 0 Å². The summed E-state index contributed by atoms with van der Waals surface area (Å²) in [6, 6.07) is 5.89. The molecule has 0 saturated carbocycles. The Morgan fingerprint density at radius 2 is 1.67 bits per heavy atom. The van der Waals surface area contributed by atoms with Gasteiger partial charge in [-0.3, -0.25) is 0 Å². The van der Waals surface area contributed by atoms with Gasteiger partial charge in [0, 0.05) is 5.56 Å². The molecular formula is C14H22O. The van der Waals surface area contributed by atoms with Crippen molar-refractivity contribution in [3.8, 4) is 5.75 Å². The lowest BCUT2D eigenvalue weighted by atomic mass is 9.86. The van der Waals surface area contributed by atoms with E-state index >= 15 is 0 Å². The van der Waals surface area contributed by atoms with Crippen molar-refractivity contribution in [1.82, 2.24) is 0 Å². The fourth-order valence-electron chi connectivity index (χ4n) is 1.96. The average molecular weight is 206 g/mol. The molecule has 0 fully saturated rings. The van der Waals surface area contributed by atoms with Crippen molar-refractivity contribution >= 4 is 0 Å². The number of phenolic OH excluding ortho intramolecular Hbond substituents is 1. The largest absolute Gasteiger partial charge is 0.508 e. The molecule has 1 rings (SSSR count). The average Bonchev–Trinajstić information content (AvgIpc) is 2.26. The number of benzene rings is 1. The quantitative estimate of drug-likeness (QED) is 0.773. The van der Waals surface area contributed by atoms with Crippen LogP contribution in [0.25, 0.3) is 0 Å². The standard InChI is InChI=1S/C14H22O/c1-5-10(3)12-8-7-9-13(15)14(12)11(4)6-2/h7-11,15H,5-6H2,1-4H3. The number of phenols is 1. The molecular weight excluding hydrogens is 184 g/mol. The number of hydrogen-bond acceptors (Lipinski definition) is 1. The molecule has 0 aliphatic rings. The van der Waals surface area contributed by atoms with Crippen LogP contribution in [0.5, 0.6) is 5.75 Å². The van der Waals surface area contributed by atoms with Crippen LogP contribution in [-0.4, -0.2) is 5.11 Å². The second kappa shape index (κ2) is 5.20. The molecule has 0 radical (unpaired) electrons. The van der Waals surface area contributed by atoms with Gasteiger partial charge in [0.25, 0.3) is 0 Å². The van der Waals surface area contributed by atoms with Gasteiger partial charge in [-0.25, -0.2) is 0 Å². The zero-order chi connectivity index (χ0) is 11.4. The summed E-state index contributed by atoms with van der Waals surface area (Å²) in [6.07, 6.45) is 2.19. The van der Waals surface area contributed by atoms with Crippen LogP contribution in [0, 0.1) is 0 Å². The highest BCUT2D eigenvalue weighted by atomic mass is 16.3. The van der Waals surface area contributed by atoms with Crippen molar-refractivity contribution in [2.75, 3.05) is 0 Å². The minimum absolute atomic E-state index is 0.440. The Labute approximate surface area is 93.1 Å². The van der Waals surface area contributed by atoms with Gasteiger partial charge in [-0.05, 0) is 36.3 Å². The second-order valence-electron chi connectivity index (χ2n) is 4.40. The van der Waals surface area contributed by atoms with Crippen molar-refractivity contribution in [3.05, 3.63) is 29.3 Å². The van der Waals surface area contributed by atoms with Gasteiger partial charge in [-0.1, -0.05) is 39.8 Å². The molecule has 0 aliphatic heterocycles. The number of hydrogen-bond donors (Lipinski definition) is 1. The van der Waals surface area contributed by atoms with Crippen LogP contribution < -0.4 is 0 Å². The third-order valence-corrected chi connectivity index (χ3v) is 3.37. The van der Waals surface area contributed by atoms with Gasteiger partial charge in [0.15, 0.2) is 0 Å². The first kappa shape index (κ1) is 12.1. The monoisotopic (exact) mass is 206 g/mol. The van der Waals surface area contributed by atoms with Gasteiger partial charge < -0.3 is 5.11 Å². The summed E-state index contributed by atoms with van der Waals surface area (Å²) in [6.45, 7) is 8.76. The smallest absolute Gasteiger partial charge is 0.119 e. The lowest BCUT2D eigenvalue weighted by Gasteiger charge is -2.20. The molecule has 0 saturated heterocycles. The predicted molar refractivity (Wildman–Crippen MR) is 65.5 cm³/mol. The molecule has 0 spiro atoms.